The first-order valence-electron chi connectivity index (χ1n) is 11.8. The fourth-order valence-corrected chi connectivity index (χ4v) is 4.65. The second-order valence-electron chi connectivity index (χ2n) is 8.90. The second kappa shape index (κ2) is 10.9. The Bertz CT molecular complexity index is 1070. The van der Waals surface area contributed by atoms with Crippen molar-refractivity contribution < 1.29 is 5.11 Å². The predicted octanol–water partition coefficient (Wildman–Crippen LogP) is 3.14. The number of aliphatic hydroxyl groups is 1. The van der Waals surface area contributed by atoms with Crippen molar-refractivity contribution in [3.8, 4) is 5.69 Å². The molecule has 0 spiro atoms. The number of fused-ring (bicyclic) bond motifs is 1. The third kappa shape index (κ3) is 5.63. The van der Waals surface area contributed by atoms with Crippen molar-refractivity contribution >= 4 is 10.8 Å². The molecule has 0 amide bonds. The molecule has 1 aromatic heterocycles. The standard InChI is InChI=1S/C21H23N3O2.C5H11N/c25-15-20-3-2-11-23(20)12-9-16-5-6-18-14-19(8-7-17(18)13-16)24-21(26)4-1-10-22-24;1-5-3-2-4-6-5/h1,4-8,10,13-14,20,25H,2-3,9,11-12,15H2;5-6H,2-4H2,1H3/t20-;5-/m01/s1. The van der Waals surface area contributed by atoms with Gasteiger partial charge in [-0.1, -0.05) is 24.3 Å². The van der Waals surface area contributed by atoms with E-state index >= 15 is 0 Å². The summed E-state index contributed by atoms with van der Waals surface area (Å²) in [4.78, 5) is 14.3. The van der Waals surface area contributed by atoms with Crippen molar-refractivity contribution in [2.75, 3.05) is 26.2 Å². The average molecular weight is 435 g/mol. The summed E-state index contributed by atoms with van der Waals surface area (Å²) in [5, 5.41) is 19.2. The number of nitrogens with one attached hydrogen (secondary N) is 1. The highest BCUT2D eigenvalue weighted by atomic mass is 16.3. The first-order chi connectivity index (χ1) is 15.6. The number of rotatable bonds is 5. The Morgan fingerprint density at radius 3 is 2.66 bits per heavy atom. The quantitative estimate of drug-likeness (QED) is 0.646. The van der Waals surface area contributed by atoms with Crippen LogP contribution in [0, 0.1) is 0 Å². The Morgan fingerprint density at radius 1 is 1.09 bits per heavy atom. The van der Waals surface area contributed by atoms with Gasteiger partial charge in [0.05, 0.1) is 12.3 Å². The summed E-state index contributed by atoms with van der Waals surface area (Å²) < 4.78 is 1.41. The minimum absolute atomic E-state index is 0.132. The molecule has 32 heavy (non-hydrogen) atoms. The van der Waals surface area contributed by atoms with Gasteiger partial charge in [-0.3, -0.25) is 9.69 Å². The topological polar surface area (TPSA) is 70.4 Å². The molecule has 2 aliphatic heterocycles. The predicted molar refractivity (Wildman–Crippen MR) is 129 cm³/mol. The molecule has 2 N–H and O–H groups in total. The van der Waals surface area contributed by atoms with Crippen LogP contribution in [0.15, 0.2) is 59.5 Å². The summed E-state index contributed by atoms with van der Waals surface area (Å²) >= 11 is 0. The van der Waals surface area contributed by atoms with Crippen molar-refractivity contribution in [3.05, 3.63) is 70.6 Å². The van der Waals surface area contributed by atoms with Crippen molar-refractivity contribution in [1.82, 2.24) is 20.0 Å². The molecule has 6 nitrogen and oxygen atoms in total. The molecule has 2 atom stereocenters. The number of nitrogens with zero attached hydrogens (tertiary/aromatic N) is 3. The zero-order valence-electron chi connectivity index (χ0n) is 18.9. The van der Waals surface area contributed by atoms with E-state index in [-0.39, 0.29) is 12.2 Å². The van der Waals surface area contributed by atoms with Crippen LogP contribution in [0.1, 0.15) is 38.2 Å². The van der Waals surface area contributed by atoms with Gasteiger partial charge in [-0.15, -0.1) is 0 Å². The van der Waals surface area contributed by atoms with Gasteiger partial charge in [0.15, 0.2) is 0 Å². The highest BCUT2D eigenvalue weighted by Crippen LogP contribution is 2.21. The van der Waals surface area contributed by atoms with E-state index in [1.165, 1.54) is 42.1 Å². The average Bonchev–Trinajstić information content (AvgIpc) is 3.49. The van der Waals surface area contributed by atoms with Crippen LogP contribution in [0.5, 0.6) is 0 Å². The maximum Gasteiger partial charge on any atom is 0.271 e. The normalized spacial score (nSPS) is 20.9. The number of hydrogen-bond acceptors (Lipinski definition) is 5. The number of aliphatic hydroxyl groups excluding tert-OH is 1. The molecule has 0 radical (unpaired) electrons. The van der Waals surface area contributed by atoms with Crippen LogP contribution in [-0.4, -0.2) is 58.1 Å². The Balaban J connectivity index is 0.000000354. The monoisotopic (exact) mass is 434 g/mol. The maximum absolute atomic E-state index is 12.0. The van der Waals surface area contributed by atoms with Crippen molar-refractivity contribution in [3.63, 3.8) is 0 Å². The molecule has 2 aliphatic rings. The summed E-state index contributed by atoms with van der Waals surface area (Å²) in [6.07, 6.45) is 7.63. The van der Waals surface area contributed by atoms with Gasteiger partial charge in [0.1, 0.15) is 0 Å². The van der Waals surface area contributed by atoms with E-state index in [0.717, 1.165) is 48.4 Å². The second-order valence-corrected chi connectivity index (χ2v) is 8.90. The van der Waals surface area contributed by atoms with Gasteiger partial charge in [-0.05, 0) is 86.7 Å². The van der Waals surface area contributed by atoms with Crippen LogP contribution >= 0.6 is 0 Å². The number of benzene rings is 2. The maximum atomic E-state index is 12.0. The molecule has 0 saturated carbocycles. The van der Waals surface area contributed by atoms with Crippen molar-refractivity contribution in [1.29, 1.82) is 0 Å². The van der Waals surface area contributed by atoms with Gasteiger partial charge in [0.2, 0.25) is 0 Å². The van der Waals surface area contributed by atoms with Gasteiger partial charge in [0.25, 0.3) is 5.56 Å². The molecule has 5 rings (SSSR count). The molecule has 0 aliphatic carbocycles. The van der Waals surface area contributed by atoms with Crippen LogP contribution in [0.3, 0.4) is 0 Å². The third-order valence-corrected chi connectivity index (χ3v) is 6.55. The highest BCUT2D eigenvalue weighted by Gasteiger charge is 2.22. The first-order valence-corrected chi connectivity index (χ1v) is 11.8. The lowest BCUT2D eigenvalue weighted by Gasteiger charge is -2.22. The smallest absolute Gasteiger partial charge is 0.271 e. The third-order valence-electron chi connectivity index (χ3n) is 6.55. The minimum atomic E-state index is -0.132. The van der Waals surface area contributed by atoms with Gasteiger partial charge in [-0.2, -0.15) is 9.78 Å². The van der Waals surface area contributed by atoms with E-state index in [1.807, 2.05) is 18.2 Å². The molecule has 0 unspecified atom stereocenters. The lowest BCUT2D eigenvalue weighted by Crippen LogP contribution is -2.33. The summed E-state index contributed by atoms with van der Waals surface area (Å²) in [5.74, 6) is 0. The molecule has 3 aromatic rings. The summed E-state index contributed by atoms with van der Waals surface area (Å²) in [6, 6.07) is 16.7. The van der Waals surface area contributed by atoms with E-state index < -0.39 is 0 Å². The Labute approximate surface area is 189 Å². The van der Waals surface area contributed by atoms with Gasteiger partial charge >= 0.3 is 0 Å². The zero-order valence-corrected chi connectivity index (χ0v) is 18.9. The molecule has 3 heterocycles. The minimum Gasteiger partial charge on any atom is -0.395 e. The highest BCUT2D eigenvalue weighted by molar-refractivity contribution is 5.85. The van der Waals surface area contributed by atoms with Crippen LogP contribution in [0.25, 0.3) is 16.5 Å². The molecule has 6 heteroatoms. The zero-order chi connectivity index (χ0) is 22.3. The Hall–Kier alpha value is -2.54. The Kier molecular flexibility index (Phi) is 7.68. The van der Waals surface area contributed by atoms with Crippen LogP contribution in [0.2, 0.25) is 0 Å². The van der Waals surface area contributed by atoms with Gasteiger partial charge in [-0.25, -0.2) is 0 Å². The Morgan fingerprint density at radius 2 is 1.94 bits per heavy atom. The molecular weight excluding hydrogens is 400 g/mol. The van der Waals surface area contributed by atoms with E-state index in [0.29, 0.717) is 6.04 Å². The lowest BCUT2D eigenvalue weighted by atomic mass is 10.0. The van der Waals surface area contributed by atoms with E-state index in [2.05, 4.69) is 40.4 Å². The van der Waals surface area contributed by atoms with Crippen molar-refractivity contribution in [2.45, 2.75) is 51.1 Å². The van der Waals surface area contributed by atoms with E-state index in [1.54, 1.807) is 12.3 Å². The summed E-state index contributed by atoms with van der Waals surface area (Å²) in [6.45, 7) is 5.79. The van der Waals surface area contributed by atoms with Gasteiger partial charge < -0.3 is 10.4 Å². The van der Waals surface area contributed by atoms with Crippen molar-refractivity contribution in [2.24, 2.45) is 0 Å². The van der Waals surface area contributed by atoms with Crippen LogP contribution < -0.4 is 10.9 Å². The molecule has 2 fully saturated rings. The van der Waals surface area contributed by atoms with Crippen LogP contribution in [-0.2, 0) is 6.42 Å². The number of hydrogen-bond donors (Lipinski definition) is 2. The lowest BCUT2D eigenvalue weighted by molar-refractivity contribution is 0.160. The molecular formula is C26H34N4O2. The van der Waals surface area contributed by atoms with Gasteiger partial charge in [0, 0.05) is 30.9 Å². The van der Waals surface area contributed by atoms with E-state index in [4.69, 9.17) is 0 Å². The SMILES string of the molecule is C[C@@H]1CCCN1.O=c1cccnn1-c1ccc2cc(CCN3CCC[C@H]3CO)ccc2c1. The molecule has 2 aromatic carbocycles. The summed E-state index contributed by atoms with van der Waals surface area (Å²) in [5.41, 5.74) is 1.94. The number of likely N-dealkylation sites (tertiary alicyclic amines) is 1. The number of aromatic nitrogens is 2. The largest absolute Gasteiger partial charge is 0.395 e. The fraction of sp³-hybridized carbons (Fsp3) is 0.462. The molecule has 2 saturated heterocycles. The summed E-state index contributed by atoms with van der Waals surface area (Å²) in [7, 11) is 0. The fourth-order valence-electron chi connectivity index (χ4n) is 4.65. The molecule has 170 valence electrons. The molecule has 0 bridgehead atoms. The van der Waals surface area contributed by atoms with E-state index in [9.17, 15) is 9.90 Å². The van der Waals surface area contributed by atoms with Crippen LogP contribution in [0.4, 0.5) is 0 Å². The first kappa shape index (κ1) is 22.6.